The van der Waals surface area contributed by atoms with Gasteiger partial charge in [-0.05, 0) is 62.4 Å². The van der Waals surface area contributed by atoms with Crippen molar-refractivity contribution in [1.82, 2.24) is 4.90 Å². The molecule has 2 atom stereocenters. The van der Waals surface area contributed by atoms with Crippen LogP contribution >= 0.6 is 0 Å². The molecule has 0 saturated carbocycles. The molecule has 0 bridgehead atoms. The zero-order valence-electron chi connectivity index (χ0n) is 13.1. The lowest BCUT2D eigenvalue weighted by atomic mass is 9.92. The first-order valence-electron chi connectivity index (χ1n) is 7.63. The summed E-state index contributed by atoms with van der Waals surface area (Å²) >= 11 is 0. The van der Waals surface area contributed by atoms with Crippen LogP contribution in [0, 0.1) is 19.8 Å². The van der Waals surface area contributed by atoms with Crippen LogP contribution in [-0.2, 0) is 4.79 Å². The summed E-state index contributed by atoms with van der Waals surface area (Å²) in [5.41, 5.74) is 2.36. The van der Waals surface area contributed by atoms with E-state index >= 15 is 0 Å². The van der Waals surface area contributed by atoms with Crippen LogP contribution in [0.2, 0.25) is 0 Å². The number of likely N-dealkylation sites (tertiary alicyclic amines) is 1. The Labute approximate surface area is 126 Å². The molecule has 1 heterocycles. The number of aryl methyl sites for hydroxylation is 2. The standard InChI is InChI=1S/C17H25NO3/c1-12-4-5-18(16(11-12)17(19)20)6-7-21-15-9-13(2)8-14(3)10-15/h8-10,12,16H,4-7,11H2,1-3H3,(H,19,20). The second-order valence-corrected chi connectivity index (χ2v) is 6.19. The number of carboxylic acid groups (broad SMARTS) is 1. The van der Waals surface area contributed by atoms with E-state index in [0.29, 0.717) is 19.1 Å². The van der Waals surface area contributed by atoms with Crippen LogP contribution in [-0.4, -0.2) is 41.7 Å². The predicted molar refractivity (Wildman–Crippen MR) is 82.8 cm³/mol. The molecule has 4 heteroatoms. The highest BCUT2D eigenvalue weighted by Crippen LogP contribution is 2.22. The second-order valence-electron chi connectivity index (χ2n) is 6.19. The minimum absolute atomic E-state index is 0.364. The smallest absolute Gasteiger partial charge is 0.320 e. The zero-order chi connectivity index (χ0) is 15.4. The molecular weight excluding hydrogens is 266 g/mol. The van der Waals surface area contributed by atoms with E-state index in [4.69, 9.17) is 4.74 Å². The van der Waals surface area contributed by atoms with Crippen molar-refractivity contribution < 1.29 is 14.6 Å². The summed E-state index contributed by atoms with van der Waals surface area (Å²) in [7, 11) is 0. The van der Waals surface area contributed by atoms with E-state index in [1.807, 2.05) is 30.9 Å². The van der Waals surface area contributed by atoms with Gasteiger partial charge < -0.3 is 9.84 Å². The number of nitrogens with zero attached hydrogens (tertiary/aromatic N) is 1. The van der Waals surface area contributed by atoms with Crippen molar-refractivity contribution in [2.24, 2.45) is 5.92 Å². The fraction of sp³-hybridized carbons (Fsp3) is 0.588. The molecule has 1 aromatic rings. The van der Waals surface area contributed by atoms with Crippen molar-refractivity contribution in [3.63, 3.8) is 0 Å². The maximum atomic E-state index is 11.4. The number of piperidine rings is 1. The molecule has 1 aliphatic heterocycles. The van der Waals surface area contributed by atoms with Crippen LogP contribution in [0.1, 0.15) is 30.9 Å². The van der Waals surface area contributed by atoms with Gasteiger partial charge in [0.15, 0.2) is 0 Å². The van der Waals surface area contributed by atoms with E-state index in [-0.39, 0.29) is 6.04 Å². The summed E-state index contributed by atoms with van der Waals surface area (Å²) in [4.78, 5) is 13.4. The second kappa shape index (κ2) is 6.94. The first-order valence-corrected chi connectivity index (χ1v) is 7.63. The predicted octanol–water partition coefficient (Wildman–Crippen LogP) is 2.87. The Morgan fingerprint density at radius 2 is 2.00 bits per heavy atom. The molecule has 0 radical (unpaired) electrons. The Bertz CT molecular complexity index is 481. The third-order valence-electron chi connectivity index (χ3n) is 4.10. The molecule has 1 N–H and O–H groups in total. The Morgan fingerprint density at radius 3 is 2.62 bits per heavy atom. The van der Waals surface area contributed by atoms with Gasteiger partial charge in [0, 0.05) is 6.54 Å². The summed E-state index contributed by atoms with van der Waals surface area (Å²) in [6.45, 7) is 8.25. The van der Waals surface area contributed by atoms with E-state index < -0.39 is 5.97 Å². The largest absolute Gasteiger partial charge is 0.492 e. The van der Waals surface area contributed by atoms with E-state index in [9.17, 15) is 9.90 Å². The number of benzene rings is 1. The van der Waals surface area contributed by atoms with Gasteiger partial charge in [-0.15, -0.1) is 0 Å². The summed E-state index contributed by atoms with van der Waals surface area (Å²) in [6, 6.07) is 5.77. The average Bonchev–Trinajstić information content (AvgIpc) is 2.39. The molecule has 21 heavy (non-hydrogen) atoms. The number of hydrogen-bond donors (Lipinski definition) is 1. The lowest BCUT2D eigenvalue weighted by Gasteiger charge is -2.35. The molecule has 4 nitrogen and oxygen atoms in total. The minimum Gasteiger partial charge on any atom is -0.492 e. The highest BCUT2D eigenvalue weighted by molar-refractivity contribution is 5.73. The van der Waals surface area contributed by atoms with Crippen molar-refractivity contribution in [2.45, 2.75) is 39.7 Å². The van der Waals surface area contributed by atoms with Crippen LogP contribution in [0.3, 0.4) is 0 Å². The molecular formula is C17H25NO3. The number of ether oxygens (including phenoxy) is 1. The van der Waals surface area contributed by atoms with Crippen LogP contribution in [0.25, 0.3) is 0 Å². The molecule has 2 rings (SSSR count). The SMILES string of the molecule is Cc1cc(C)cc(OCCN2CCC(C)CC2C(=O)O)c1. The number of carboxylic acids is 1. The average molecular weight is 291 g/mol. The van der Waals surface area contributed by atoms with Crippen molar-refractivity contribution in [2.75, 3.05) is 19.7 Å². The molecule has 0 aromatic heterocycles. The first kappa shape index (κ1) is 15.8. The van der Waals surface area contributed by atoms with Crippen molar-refractivity contribution in [3.05, 3.63) is 29.3 Å². The number of rotatable bonds is 5. The molecule has 1 aromatic carbocycles. The molecule has 116 valence electrons. The number of hydrogen-bond acceptors (Lipinski definition) is 3. The molecule has 0 aliphatic carbocycles. The fourth-order valence-electron chi connectivity index (χ4n) is 3.01. The lowest BCUT2D eigenvalue weighted by molar-refractivity contribution is -0.145. The van der Waals surface area contributed by atoms with Gasteiger partial charge in [-0.25, -0.2) is 0 Å². The van der Waals surface area contributed by atoms with Gasteiger partial charge in [0.2, 0.25) is 0 Å². The molecule has 1 aliphatic rings. The van der Waals surface area contributed by atoms with Gasteiger partial charge in [0.25, 0.3) is 0 Å². The Morgan fingerprint density at radius 1 is 1.33 bits per heavy atom. The van der Waals surface area contributed by atoms with Crippen molar-refractivity contribution in [3.8, 4) is 5.75 Å². The summed E-state index contributed by atoms with van der Waals surface area (Å²) in [6.07, 6.45) is 1.80. The van der Waals surface area contributed by atoms with Crippen LogP contribution in [0.15, 0.2) is 18.2 Å². The molecule has 2 unspecified atom stereocenters. The van der Waals surface area contributed by atoms with Crippen LogP contribution in [0.5, 0.6) is 5.75 Å². The third-order valence-corrected chi connectivity index (χ3v) is 4.10. The number of aliphatic carboxylic acids is 1. The highest BCUT2D eigenvalue weighted by Gasteiger charge is 2.31. The topological polar surface area (TPSA) is 49.8 Å². The fourth-order valence-corrected chi connectivity index (χ4v) is 3.01. The first-order chi connectivity index (χ1) is 9.95. The Kier molecular flexibility index (Phi) is 5.23. The highest BCUT2D eigenvalue weighted by atomic mass is 16.5. The van der Waals surface area contributed by atoms with E-state index in [0.717, 1.165) is 25.1 Å². The van der Waals surface area contributed by atoms with Crippen LogP contribution < -0.4 is 4.74 Å². The van der Waals surface area contributed by atoms with Crippen molar-refractivity contribution in [1.29, 1.82) is 0 Å². The molecule has 0 amide bonds. The van der Waals surface area contributed by atoms with Gasteiger partial charge in [-0.1, -0.05) is 13.0 Å². The summed E-state index contributed by atoms with van der Waals surface area (Å²) < 4.78 is 5.79. The van der Waals surface area contributed by atoms with E-state index in [2.05, 4.69) is 13.0 Å². The maximum absolute atomic E-state index is 11.4. The van der Waals surface area contributed by atoms with Gasteiger partial charge >= 0.3 is 5.97 Å². The molecule has 1 fully saturated rings. The molecule has 1 saturated heterocycles. The maximum Gasteiger partial charge on any atom is 0.320 e. The zero-order valence-corrected chi connectivity index (χ0v) is 13.1. The summed E-state index contributed by atoms with van der Waals surface area (Å²) in [5, 5.41) is 9.33. The van der Waals surface area contributed by atoms with E-state index in [1.165, 1.54) is 11.1 Å². The van der Waals surface area contributed by atoms with Crippen molar-refractivity contribution >= 4 is 5.97 Å². The Balaban J connectivity index is 1.88. The number of carbonyl (C=O) groups is 1. The van der Waals surface area contributed by atoms with Crippen LogP contribution in [0.4, 0.5) is 0 Å². The quantitative estimate of drug-likeness (QED) is 0.906. The lowest BCUT2D eigenvalue weighted by Crippen LogP contribution is -2.48. The van der Waals surface area contributed by atoms with Gasteiger partial charge in [-0.3, -0.25) is 9.69 Å². The Hall–Kier alpha value is -1.55. The summed E-state index contributed by atoms with van der Waals surface area (Å²) in [5.74, 6) is 0.639. The van der Waals surface area contributed by atoms with Gasteiger partial charge in [0.1, 0.15) is 18.4 Å². The monoisotopic (exact) mass is 291 g/mol. The van der Waals surface area contributed by atoms with Gasteiger partial charge in [0.05, 0.1) is 0 Å². The normalized spacial score (nSPS) is 23.0. The third kappa shape index (κ3) is 4.46. The minimum atomic E-state index is -0.715. The van der Waals surface area contributed by atoms with Gasteiger partial charge in [-0.2, -0.15) is 0 Å². The van der Waals surface area contributed by atoms with E-state index in [1.54, 1.807) is 0 Å². The molecule has 0 spiro atoms.